The van der Waals surface area contributed by atoms with Crippen molar-refractivity contribution in [3.63, 3.8) is 0 Å². The molecule has 2 unspecified atom stereocenters. The molecule has 2 N–H and O–H groups in total. The van der Waals surface area contributed by atoms with Crippen LogP contribution >= 0.6 is 0 Å². The summed E-state index contributed by atoms with van der Waals surface area (Å²) in [6.45, 7) is 10.0. The lowest BCUT2D eigenvalue weighted by Gasteiger charge is -2.29. The van der Waals surface area contributed by atoms with E-state index in [0.29, 0.717) is 0 Å². The molecule has 0 saturated carbocycles. The Morgan fingerprint density at radius 3 is 2.47 bits per heavy atom. The van der Waals surface area contributed by atoms with Crippen molar-refractivity contribution < 1.29 is 8.85 Å². The van der Waals surface area contributed by atoms with Gasteiger partial charge in [-0.2, -0.15) is 0 Å². The molecule has 0 amide bonds. The molecule has 2 atom stereocenters. The zero-order chi connectivity index (χ0) is 11.7. The molecule has 0 radical (unpaired) electrons. The van der Waals surface area contributed by atoms with E-state index in [4.69, 9.17) is 14.6 Å². The highest BCUT2D eigenvalue weighted by molar-refractivity contribution is 6.66. The van der Waals surface area contributed by atoms with Gasteiger partial charge in [0.15, 0.2) is 0 Å². The molecule has 0 aliphatic rings. The highest BCUT2D eigenvalue weighted by Gasteiger charge is 2.31. The summed E-state index contributed by atoms with van der Waals surface area (Å²) in [7, 11) is -1.90. The molecule has 4 heteroatoms. The Labute approximate surface area is 95.6 Å². The molecule has 0 rings (SSSR count). The minimum atomic E-state index is -1.90. The van der Waals surface area contributed by atoms with Gasteiger partial charge in [-0.1, -0.05) is 13.3 Å². The zero-order valence-electron chi connectivity index (χ0n) is 10.7. The predicted molar refractivity (Wildman–Crippen MR) is 67.2 cm³/mol. The Hall–Kier alpha value is 0.0969. The highest BCUT2D eigenvalue weighted by atomic mass is 28.4. The van der Waals surface area contributed by atoms with Gasteiger partial charge in [0.1, 0.15) is 0 Å². The number of hydrogen-bond acceptors (Lipinski definition) is 3. The largest absolute Gasteiger partial charge is 0.395 e. The summed E-state index contributed by atoms with van der Waals surface area (Å²) in [5.74, 6) is 0. The second-order valence-corrected chi connectivity index (χ2v) is 7.47. The summed E-state index contributed by atoms with van der Waals surface area (Å²) < 4.78 is 11.9. The molecule has 0 saturated heterocycles. The van der Waals surface area contributed by atoms with Gasteiger partial charge in [-0.05, 0) is 45.8 Å². The first-order chi connectivity index (χ1) is 7.08. The lowest BCUT2D eigenvalue weighted by molar-refractivity contribution is 0.124. The van der Waals surface area contributed by atoms with Gasteiger partial charge in [0.2, 0.25) is 0 Å². The van der Waals surface area contributed by atoms with Crippen LogP contribution in [0.1, 0.15) is 40.0 Å². The average molecular weight is 233 g/mol. The quantitative estimate of drug-likeness (QED) is 0.623. The van der Waals surface area contributed by atoms with Crippen LogP contribution in [0.25, 0.3) is 0 Å². The van der Waals surface area contributed by atoms with Crippen LogP contribution in [0.4, 0.5) is 0 Å². The van der Waals surface area contributed by atoms with E-state index in [0.717, 1.165) is 38.5 Å². The normalized spacial score (nSPS) is 17.4. The van der Waals surface area contributed by atoms with Gasteiger partial charge in [-0.3, -0.25) is 0 Å². The lowest BCUT2D eigenvalue weighted by atomic mass is 10.2. The van der Waals surface area contributed by atoms with Crippen LogP contribution in [-0.2, 0) is 8.85 Å². The van der Waals surface area contributed by atoms with Crippen LogP contribution in [0, 0.1) is 0 Å². The van der Waals surface area contributed by atoms with Crippen molar-refractivity contribution in [2.24, 2.45) is 5.73 Å². The van der Waals surface area contributed by atoms with E-state index >= 15 is 0 Å². The van der Waals surface area contributed by atoms with Crippen LogP contribution in [0.3, 0.4) is 0 Å². The van der Waals surface area contributed by atoms with Gasteiger partial charge in [0.05, 0.1) is 0 Å². The minimum Gasteiger partial charge on any atom is -0.395 e. The van der Waals surface area contributed by atoms with Crippen molar-refractivity contribution in [3.8, 4) is 0 Å². The Morgan fingerprint density at radius 1 is 1.33 bits per heavy atom. The predicted octanol–water partition coefficient (Wildman–Crippen LogP) is 2.65. The van der Waals surface area contributed by atoms with E-state index in [1.165, 1.54) is 0 Å². The van der Waals surface area contributed by atoms with Gasteiger partial charge in [-0.15, -0.1) is 0 Å². The lowest BCUT2D eigenvalue weighted by Crippen LogP contribution is -2.41. The Kier molecular flexibility index (Phi) is 8.33. The summed E-state index contributed by atoms with van der Waals surface area (Å²) in [5, 5.41) is 0. The van der Waals surface area contributed by atoms with E-state index in [1.54, 1.807) is 0 Å². The van der Waals surface area contributed by atoms with Crippen molar-refractivity contribution >= 4 is 8.56 Å². The summed E-state index contributed by atoms with van der Waals surface area (Å²) in [6, 6.07) is 1.08. The molecule has 0 aromatic heterocycles. The highest BCUT2D eigenvalue weighted by Crippen LogP contribution is 2.19. The summed E-state index contributed by atoms with van der Waals surface area (Å²) in [5.41, 5.74) is 5.48. The molecular formula is C11H27NO2Si. The fourth-order valence-corrected chi connectivity index (χ4v) is 4.63. The summed E-state index contributed by atoms with van der Waals surface area (Å²) in [6.07, 6.45) is 3.48. The fourth-order valence-electron chi connectivity index (χ4n) is 1.81. The maximum absolute atomic E-state index is 6.08. The van der Waals surface area contributed by atoms with Crippen molar-refractivity contribution in [1.29, 1.82) is 0 Å². The maximum atomic E-state index is 6.08. The topological polar surface area (TPSA) is 44.5 Å². The van der Waals surface area contributed by atoms with Gasteiger partial charge in [0, 0.05) is 12.7 Å². The van der Waals surface area contributed by atoms with E-state index in [1.807, 2.05) is 6.92 Å². The molecule has 3 nitrogen and oxygen atoms in total. The molecule has 0 aromatic carbocycles. The Morgan fingerprint density at radius 2 is 2.00 bits per heavy atom. The third kappa shape index (κ3) is 7.06. The van der Waals surface area contributed by atoms with E-state index in [9.17, 15) is 0 Å². The summed E-state index contributed by atoms with van der Waals surface area (Å²) >= 11 is 0. The van der Waals surface area contributed by atoms with Gasteiger partial charge >= 0.3 is 8.56 Å². The van der Waals surface area contributed by atoms with Crippen LogP contribution in [0.5, 0.6) is 0 Å². The number of rotatable bonds is 9. The van der Waals surface area contributed by atoms with Crippen molar-refractivity contribution in [2.75, 3.05) is 13.2 Å². The first-order valence-corrected chi connectivity index (χ1v) is 8.62. The molecular weight excluding hydrogens is 206 g/mol. The number of nitrogens with two attached hydrogens (primary N) is 1. The fraction of sp³-hybridized carbons (Fsp3) is 1.00. The van der Waals surface area contributed by atoms with Crippen LogP contribution < -0.4 is 5.73 Å². The van der Waals surface area contributed by atoms with E-state index < -0.39 is 8.56 Å². The van der Waals surface area contributed by atoms with Crippen molar-refractivity contribution in [1.82, 2.24) is 0 Å². The van der Waals surface area contributed by atoms with Crippen LogP contribution in [0.2, 0.25) is 12.6 Å². The molecule has 0 spiro atoms. The standard InChI is InChI=1S/C11H27NO2Si/c1-5-10-15(4,13-6-2)14-11(3)8-7-9-12/h11H,5-10,12H2,1-4H3. The molecule has 15 heavy (non-hydrogen) atoms. The first kappa shape index (κ1) is 15.1. The average Bonchev–Trinajstić information content (AvgIpc) is 2.15. The smallest absolute Gasteiger partial charge is 0.335 e. The van der Waals surface area contributed by atoms with Crippen molar-refractivity contribution in [3.05, 3.63) is 0 Å². The molecule has 92 valence electrons. The Bertz CT molecular complexity index is 150. The monoisotopic (exact) mass is 233 g/mol. The first-order valence-electron chi connectivity index (χ1n) is 6.09. The molecule has 0 aliphatic carbocycles. The van der Waals surface area contributed by atoms with Crippen LogP contribution in [0.15, 0.2) is 0 Å². The molecule has 0 fully saturated rings. The van der Waals surface area contributed by atoms with Crippen molar-refractivity contribution in [2.45, 2.75) is 58.7 Å². The maximum Gasteiger partial charge on any atom is 0.335 e. The SMILES string of the molecule is CCC[Si](C)(OCC)OC(C)CCCN. The van der Waals surface area contributed by atoms with E-state index in [-0.39, 0.29) is 6.10 Å². The van der Waals surface area contributed by atoms with Gasteiger partial charge in [0.25, 0.3) is 0 Å². The third-order valence-electron chi connectivity index (χ3n) is 2.42. The van der Waals surface area contributed by atoms with Gasteiger partial charge in [-0.25, -0.2) is 0 Å². The molecule has 0 aliphatic heterocycles. The molecule has 0 aromatic rings. The van der Waals surface area contributed by atoms with Gasteiger partial charge < -0.3 is 14.6 Å². The third-order valence-corrected chi connectivity index (χ3v) is 5.63. The van der Waals surface area contributed by atoms with E-state index in [2.05, 4.69) is 20.4 Å². The molecule has 0 heterocycles. The Balaban J connectivity index is 4.02. The second kappa shape index (κ2) is 8.27. The zero-order valence-corrected chi connectivity index (χ0v) is 11.7. The number of hydrogen-bond donors (Lipinski definition) is 1. The van der Waals surface area contributed by atoms with Crippen LogP contribution in [-0.4, -0.2) is 27.8 Å². The second-order valence-electron chi connectivity index (χ2n) is 4.18. The summed E-state index contributed by atoms with van der Waals surface area (Å²) in [4.78, 5) is 0. The minimum absolute atomic E-state index is 0.281. The molecule has 0 bridgehead atoms.